The number of hydrogen-bond donors (Lipinski definition) is 1. The van der Waals surface area contributed by atoms with Crippen molar-refractivity contribution in [1.29, 1.82) is 0 Å². The first-order chi connectivity index (χ1) is 8.27. The van der Waals surface area contributed by atoms with Gasteiger partial charge in [-0.25, -0.2) is 0 Å². The first kappa shape index (κ1) is 13.3. The van der Waals surface area contributed by atoms with Crippen molar-refractivity contribution in [2.45, 2.75) is 25.9 Å². The third-order valence-electron chi connectivity index (χ3n) is 2.29. The van der Waals surface area contributed by atoms with Crippen LogP contribution in [0.15, 0.2) is 30.3 Å². The van der Waals surface area contributed by atoms with Gasteiger partial charge in [0, 0.05) is 13.0 Å². The third-order valence-corrected chi connectivity index (χ3v) is 2.29. The van der Waals surface area contributed by atoms with Crippen molar-refractivity contribution < 1.29 is 9.53 Å². The van der Waals surface area contributed by atoms with Crippen LogP contribution in [0.4, 0.5) is 0 Å². The zero-order chi connectivity index (χ0) is 12.5. The number of hydrogen-bond acceptors (Lipinski definition) is 3. The third kappa shape index (κ3) is 4.71. The second-order valence-corrected chi connectivity index (χ2v) is 3.58. The zero-order valence-electron chi connectivity index (χ0n) is 9.98. The lowest BCUT2D eigenvalue weighted by molar-refractivity contribution is -0.145. The molecule has 0 heterocycles. The van der Waals surface area contributed by atoms with E-state index in [0.29, 0.717) is 19.6 Å². The van der Waals surface area contributed by atoms with E-state index in [2.05, 4.69) is 11.2 Å². The summed E-state index contributed by atoms with van der Waals surface area (Å²) in [5, 5.41) is 3.10. The smallest absolute Gasteiger partial charge is 0.324 e. The summed E-state index contributed by atoms with van der Waals surface area (Å²) in [6.45, 7) is 2.75. The van der Waals surface area contributed by atoms with E-state index in [1.807, 2.05) is 30.3 Å². The number of ether oxygens (including phenoxy) is 1. The molecule has 0 unspecified atom stereocenters. The predicted molar refractivity (Wildman–Crippen MR) is 67.2 cm³/mol. The van der Waals surface area contributed by atoms with Crippen molar-refractivity contribution >= 4 is 5.97 Å². The number of carbonyl (C=O) groups is 1. The highest BCUT2D eigenvalue weighted by Crippen LogP contribution is 2.01. The molecule has 90 valence electrons. The van der Waals surface area contributed by atoms with E-state index in [1.165, 1.54) is 0 Å². The molecule has 0 aromatic heterocycles. The van der Waals surface area contributed by atoms with Gasteiger partial charge in [0.1, 0.15) is 6.04 Å². The Kier molecular flexibility index (Phi) is 5.84. The van der Waals surface area contributed by atoms with Crippen LogP contribution in [-0.4, -0.2) is 18.6 Å². The van der Waals surface area contributed by atoms with Crippen molar-refractivity contribution in [3.05, 3.63) is 35.9 Å². The molecule has 0 fully saturated rings. The van der Waals surface area contributed by atoms with Crippen LogP contribution in [-0.2, 0) is 16.1 Å². The summed E-state index contributed by atoms with van der Waals surface area (Å²) in [5.41, 5.74) is 1.11. The monoisotopic (exact) mass is 231 g/mol. The number of nitrogens with one attached hydrogen (secondary N) is 1. The zero-order valence-corrected chi connectivity index (χ0v) is 9.98. The van der Waals surface area contributed by atoms with E-state index in [4.69, 9.17) is 11.2 Å². The van der Waals surface area contributed by atoms with Crippen LogP contribution in [0, 0.1) is 12.3 Å². The lowest BCUT2D eigenvalue weighted by Crippen LogP contribution is -2.37. The van der Waals surface area contributed by atoms with E-state index in [1.54, 1.807) is 6.92 Å². The molecule has 0 saturated heterocycles. The van der Waals surface area contributed by atoms with Crippen molar-refractivity contribution in [1.82, 2.24) is 5.32 Å². The van der Waals surface area contributed by atoms with Gasteiger partial charge in [-0.3, -0.25) is 10.1 Å². The van der Waals surface area contributed by atoms with Gasteiger partial charge in [0.2, 0.25) is 0 Å². The SMILES string of the molecule is C#CC[C@H](NCc1ccccc1)C(=O)OCC. The van der Waals surface area contributed by atoms with Crippen LogP contribution < -0.4 is 5.32 Å². The van der Waals surface area contributed by atoms with Crippen molar-refractivity contribution in [3.63, 3.8) is 0 Å². The highest BCUT2D eigenvalue weighted by Gasteiger charge is 2.17. The molecule has 0 saturated carbocycles. The van der Waals surface area contributed by atoms with Crippen LogP contribution in [0.2, 0.25) is 0 Å². The topological polar surface area (TPSA) is 38.3 Å². The number of carbonyl (C=O) groups excluding carboxylic acids is 1. The molecule has 0 aliphatic heterocycles. The lowest BCUT2D eigenvalue weighted by atomic mass is 10.2. The average molecular weight is 231 g/mol. The molecular weight excluding hydrogens is 214 g/mol. The molecule has 1 aromatic carbocycles. The Labute approximate surface area is 102 Å². The van der Waals surface area contributed by atoms with Gasteiger partial charge in [0.25, 0.3) is 0 Å². The maximum atomic E-state index is 11.6. The molecule has 17 heavy (non-hydrogen) atoms. The van der Waals surface area contributed by atoms with Crippen LogP contribution in [0.25, 0.3) is 0 Å². The van der Waals surface area contributed by atoms with Gasteiger partial charge in [-0.05, 0) is 12.5 Å². The summed E-state index contributed by atoms with van der Waals surface area (Å²) in [5.74, 6) is 2.19. The number of rotatable bonds is 6. The Morgan fingerprint density at radius 1 is 1.47 bits per heavy atom. The highest BCUT2D eigenvalue weighted by molar-refractivity contribution is 5.76. The molecule has 0 amide bonds. The molecule has 1 N–H and O–H groups in total. The van der Waals surface area contributed by atoms with Gasteiger partial charge in [-0.1, -0.05) is 30.3 Å². The fraction of sp³-hybridized carbons (Fsp3) is 0.357. The summed E-state index contributed by atoms with van der Waals surface area (Å²) in [7, 11) is 0. The van der Waals surface area contributed by atoms with E-state index in [-0.39, 0.29) is 5.97 Å². The summed E-state index contributed by atoms with van der Waals surface area (Å²) in [6.07, 6.45) is 5.57. The molecule has 1 aromatic rings. The molecule has 0 aliphatic carbocycles. The Morgan fingerprint density at radius 2 is 2.18 bits per heavy atom. The van der Waals surface area contributed by atoms with Gasteiger partial charge in [-0.2, -0.15) is 0 Å². The van der Waals surface area contributed by atoms with Crippen LogP contribution >= 0.6 is 0 Å². The summed E-state index contributed by atoms with van der Waals surface area (Å²) < 4.78 is 4.95. The second kappa shape index (κ2) is 7.48. The Balaban J connectivity index is 2.50. The van der Waals surface area contributed by atoms with E-state index in [0.717, 1.165) is 5.56 Å². The van der Waals surface area contributed by atoms with Crippen molar-refractivity contribution in [3.8, 4) is 12.3 Å². The molecule has 0 spiro atoms. The first-order valence-electron chi connectivity index (χ1n) is 5.65. The normalized spacial score (nSPS) is 11.5. The van der Waals surface area contributed by atoms with Gasteiger partial charge in [0.05, 0.1) is 6.61 Å². The van der Waals surface area contributed by atoms with Gasteiger partial charge >= 0.3 is 5.97 Å². The lowest BCUT2D eigenvalue weighted by Gasteiger charge is -2.14. The second-order valence-electron chi connectivity index (χ2n) is 3.58. The standard InChI is InChI=1S/C14H17NO2/c1-3-8-13(14(16)17-4-2)15-11-12-9-6-5-7-10-12/h1,5-7,9-10,13,15H,4,8,11H2,2H3/t13-/m0/s1. The molecule has 0 bridgehead atoms. The Hall–Kier alpha value is -1.79. The Bertz CT molecular complexity index is 381. The summed E-state index contributed by atoms with van der Waals surface area (Å²) >= 11 is 0. The summed E-state index contributed by atoms with van der Waals surface area (Å²) in [6, 6.07) is 9.42. The van der Waals surface area contributed by atoms with Crippen LogP contribution in [0.1, 0.15) is 18.9 Å². The minimum atomic E-state index is -0.430. The van der Waals surface area contributed by atoms with Crippen molar-refractivity contribution in [2.24, 2.45) is 0 Å². The number of terminal acetylenes is 1. The Morgan fingerprint density at radius 3 is 2.76 bits per heavy atom. The summed E-state index contributed by atoms with van der Waals surface area (Å²) in [4.78, 5) is 11.6. The predicted octanol–water partition coefficient (Wildman–Crippen LogP) is 1.73. The van der Waals surface area contributed by atoms with Gasteiger partial charge in [-0.15, -0.1) is 12.3 Å². The molecule has 1 rings (SSSR count). The van der Waals surface area contributed by atoms with E-state index < -0.39 is 6.04 Å². The number of esters is 1. The van der Waals surface area contributed by atoms with Crippen molar-refractivity contribution in [2.75, 3.05) is 6.61 Å². The quantitative estimate of drug-likeness (QED) is 0.598. The van der Waals surface area contributed by atoms with Crippen LogP contribution in [0.5, 0.6) is 0 Å². The first-order valence-corrected chi connectivity index (χ1v) is 5.65. The number of benzene rings is 1. The fourth-order valence-corrected chi connectivity index (χ4v) is 1.44. The minimum absolute atomic E-state index is 0.290. The van der Waals surface area contributed by atoms with Crippen LogP contribution in [0.3, 0.4) is 0 Å². The maximum Gasteiger partial charge on any atom is 0.324 e. The van der Waals surface area contributed by atoms with E-state index in [9.17, 15) is 4.79 Å². The largest absolute Gasteiger partial charge is 0.465 e. The van der Waals surface area contributed by atoms with E-state index >= 15 is 0 Å². The minimum Gasteiger partial charge on any atom is -0.465 e. The fourth-order valence-electron chi connectivity index (χ4n) is 1.44. The molecule has 3 heteroatoms. The molecule has 1 atom stereocenters. The highest BCUT2D eigenvalue weighted by atomic mass is 16.5. The van der Waals surface area contributed by atoms with Gasteiger partial charge < -0.3 is 4.74 Å². The molecule has 3 nitrogen and oxygen atoms in total. The van der Waals surface area contributed by atoms with Gasteiger partial charge in [0.15, 0.2) is 0 Å². The average Bonchev–Trinajstić information content (AvgIpc) is 2.36. The molecular formula is C14H17NO2. The molecule has 0 radical (unpaired) electrons. The molecule has 0 aliphatic rings. The maximum absolute atomic E-state index is 11.6.